The molecule has 18 heavy (non-hydrogen) atoms. The van der Waals surface area contributed by atoms with E-state index in [1.54, 1.807) is 18.2 Å². The van der Waals surface area contributed by atoms with Gasteiger partial charge in [-0.15, -0.1) is 0 Å². The normalized spacial score (nSPS) is 11.9. The lowest BCUT2D eigenvalue weighted by molar-refractivity contribution is 0.0847. The summed E-state index contributed by atoms with van der Waals surface area (Å²) in [5.74, 6) is -0.00785. The number of hydrogen-bond acceptors (Lipinski definition) is 2. The van der Waals surface area contributed by atoms with Crippen LogP contribution in [0.2, 0.25) is 10.0 Å². The first kappa shape index (κ1) is 15.5. The molecule has 0 fully saturated rings. The van der Waals surface area contributed by atoms with E-state index in [0.717, 1.165) is 6.42 Å². The molecule has 0 unspecified atom stereocenters. The Labute approximate surface area is 119 Å². The zero-order valence-electron chi connectivity index (χ0n) is 11.3. The Morgan fingerprint density at radius 3 is 2.50 bits per heavy atom. The van der Waals surface area contributed by atoms with Crippen molar-refractivity contribution in [2.24, 2.45) is 0 Å². The summed E-state index contributed by atoms with van der Waals surface area (Å²) in [7, 11) is 1.94. The minimum Gasteiger partial charge on any atom is -0.294 e. The number of Topliss-reactive ketones (excluding diaryl/α,β-unsaturated/α-hetero) is 1. The topological polar surface area (TPSA) is 20.3 Å². The van der Waals surface area contributed by atoms with E-state index in [1.165, 1.54) is 0 Å². The lowest BCUT2D eigenvalue weighted by atomic mass is 9.99. The second-order valence-corrected chi connectivity index (χ2v) is 5.91. The monoisotopic (exact) mass is 287 g/mol. The molecule has 0 radical (unpaired) electrons. The predicted octanol–water partition coefficient (Wildman–Crippen LogP) is 4.30. The highest BCUT2D eigenvalue weighted by atomic mass is 35.5. The van der Waals surface area contributed by atoms with E-state index in [4.69, 9.17) is 23.2 Å². The van der Waals surface area contributed by atoms with E-state index >= 15 is 0 Å². The Morgan fingerprint density at radius 2 is 1.94 bits per heavy atom. The zero-order chi connectivity index (χ0) is 13.9. The maximum Gasteiger partial charge on any atom is 0.178 e. The smallest absolute Gasteiger partial charge is 0.178 e. The van der Waals surface area contributed by atoms with Crippen LogP contribution in [0.3, 0.4) is 0 Å². The van der Waals surface area contributed by atoms with Gasteiger partial charge >= 0.3 is 0 Å². The van der Waals surface area contributed by atoms with Crippen LogP contribution in [-0.2, 0) is 0 Å². The van der Waals surface area contributed by atoms with Crippen LogP contribution in [-0.4, -0.2) is 29.8 Å². The second kappa shape index (κ2) is 6.05. The Hall–Kier alpha value is -0.570. The molecule has 100 valence electrons. The summed E-state index contributed by atoms with van der Waals surface area (Å²) in [5.41, 5.74) is 0.476. The molecule has 0 saturated carbocycles. The molecular formula is C14H19Cl2NO. The molecule has 0 amide bonds. The first-order chi connectivity index (χ1) is 8.27. The Kier molecular flexibility index (Phi) is 5.20. The van der Waals surface area contributed by atoms with Gasteiger partial charge in [0.2, 0.25) is 0 Å². The molecule has 0 bridgehead atoms. The first-order valence-electron chi connectivity index (χ1n) is 5.97. The molecule has 0 aliphatic rings. The van der Waals surface area contributed by atoms with Crippen molar-refractivity contribution in [2.45, 2.75) is 32.7 Å². The summed E-state index contributed by atoms with van der Waals surface area (Å²) in [5, 5.41) is 0.979. The summed E-state index contributed by atoms with van der Waals surface area (Å²) in [6.07, 6.45) is 0.972. The SMILES string of the molecule is CCC(C)(C)N(C)CC(=O)c1cc(Cl)ccc1Cl. The van der Waals surface area contributed by atoms with Gasteiger partial charge in [0.25, 0.3) is 0 Å². The summed E-state index contributed by atoms with van der Waals surface area (Å²) in [6.45, 7) is 6.66. The fourth-order valence-corrected chi connectivity index (χ4v) is 1.89. The van der Waals surface area contributed by atoms with Crippen LogP contribution in [0.1, 0.15) is 37.6 Å². The highest BCUT2D eigenvalue weighted by Gasteiger charge is 2.24. The predicted molar refractivity (Wildman–Crippen MR) is 77.8 cm³/mol. The van der Waals surface area contributed by atoms with Gasteiger partial charge in [-0.25, -0.2) is 0 Å². The number of rotatable bonds is 5. The summed E-state index contributed by atoms with van der Waals surface area (Å²) < 4.78 is 0. The molecule has 0 heterocycles. The summed E-state index contributed by atoms with van der Waals surface area (Å²) in [6, 6.07) is 4.96. The van der Waals surface area contributed by atoms with Crippen molar-refractivity contribution in [3.63, 3.8) is 0 Å². The Bertz CT molecular complexity index is 443. The van der Waals surface area contributed by atoms with E-state index in [9.17, 15) is 4.79 Å². The van der Waals surface area contributed by atoms with E-state index in [1.807, 2.05) is 11.9 Å². The third kappa shape index (κ3) is 3.71. The van der Waals surface area contributed by atoms with Gasteiger partial charge in [-0.1, -0.05) is 30.1 Å². The van der Waals surface area contributed by atoms with Crippen LogP contribution in [0.5, 0.6) is 0 Å². The molecule has 0 N–H and O–H groups in total. The van der Waals surface area contributed by atoms with Crippen LogP contribution in [0, 0.1) is 0 Å². The van der Waals surface area contributed by atoms with E-state index in [0.29, 0.717) is 22.2 Å². The van der Waals surface area contributed by atoms with Gasteiger partial charge in [-0.2, -0.15) is 0 Å². The van der Waals surface area contributed by atoms with Gasteiger partial charge in [-0.05, 0) is 45.5 Å². The molecule has 0 atom stereocenters. The minimum absolute atomic E-state index is 0.00785. The number of carbonyl (C=O) groups is 1. The average Bonchev–Trinajstić information content (AvgIpc) is 2.31. The van der Waals surface area contributed by atoms with Gasteiger partial charge < -0.3 is 0 Å². The molecule has 1 aromatic carbocycles. The number of nitrogens with zero attached hydrogens (tertiary/aromatic N) is 1. The van der Waals surface area contributed by atoms with E-state index in [2.05, 4.69) is 20.8 Å². The third-order valence-corrected chi connectivity index (χ3v) is 4.07. The molecular weight excluding hydrogens is 269 g/mol. The maximum absolute atomic E-state index is 12.2. The lowest BCUT2D eigenvalue weighted by Crippen LogP contribution is -2.43. The molecule has 0 aliphatic carbocycles. The van der Waals surface area contributed by atoms with E-state index in [-0.39, 0.29) is 11.3 Å². The molecule has 0 aromatic heterocycles. The molecule has 1 rings (SSSR count). The molecule has 4 heteroatoms. The largest absolute Gasteiger partial charge is 0.294 e. The van der Waals surface area contributed by atoms with Crippen molar-refractivity contribution in [3.05, 3.63) is 33.8 Å². The van der Waals surface area contributed by atoms with Crippen molar-refractivity contribution in [3.8, 4) is 0 Å². The van der Waals surface area contributed by atoms with Gasteiger partial charge in [0.1, 0.15) is 0 Å². The van der Waals surface area contributed by atoms with Gasteiger partial charge in [0.05, 0.1) is 11.6 Å². The Morgan fingerprint density at radius 1 is 1.33 bits per heavy atom. The molecule has 0 spiro atoms. The van der Waals surface area contributed by atoms with Crippen LogP contribution in [0.15, 0.2) is 18.2 Å². The number of carbonyl (C=O) groups excluding carboxylic acids is 1. The van der Waals surface area contributed by atoms with Crippen LogP contribution in [0.4, 0.5) is 0 Å². The maximum atomic E-state index is 12.2. The standard InChI is InChI=1S/C14H19Cl2NO/c1-5-14(2,3)17(4)9-13(18)11-8-10(15)6-7-12(11)16/h6-8H,5,9H2,1-4H3. The quantitative estimate of drug-likeness (QED) is 0.753. The van der Waals surface area contributed by atoms with Crippen molar-refractivity contribution in [2.75, 3.05) is 13.6 Å². The highest BCUT2D eigenvalue weighted by molar-refractivity contribution is 6.36. The fourth-order valence-electron chi connectivity index (χ4n) is 1.50. The number of halogens is 2. The van der Waals surface area contributed by atoms with Crippen molar-refractivity contribution < 1.29 is 4.79 Å². The third-order valence-electron chi connectivity index (χ3n) is 3.51. The second-order valence-electron chi connectivity index (χ2n) is 5.07. The van der Waals surface area contributed by atoms with Gasteiger partial charge in [-0.3, -0.25) is 9.69 Å². The van der Waals surface area contributed by atoms with Crippen LogP contribution >= 0.6 is 23.2 Å². The summed E-state index contributed by atoms with van der Waals surface area (Å²) >= 11 is 11.9. The summed E-state index contributed by atoms with van der Waals surface area (Å²) in [4.78, 5) is 14.2. The number of benzene rings is 1. The number of ketones is 1. The van der Waals surface area contributed by atoms with Crippen molar-refractivity contribution in [1.29, 1.82) is 0 Å². The molecule has 0 saturated heterocycles. The first-order valence-corrected chi connectivity index (χ1v) is 6.73. The molecule has 2 nitrogen and oxygen atoms in total. The van der Waals surface area contributed by atoms with Gasteiger partial charge in [0.15, 0.2) is 5.78 Å². The Balaban J connectivity index is 2.86. The minimum atomic E-state index is -0.0132. The van der Waals surface area contributed by atoms with Crippen molar-refractivity contribution in [1.82, 2.24) is 4.90 Å². The number of likely N-dealkylation sites (N-methyl/N-ethyl adjacent to an activating group) is 1. The average molecular weight is 288 g/mol. The van der Waals surface area contributed by atoms with E-state index < -0.39 is 0 Å². The van der Waals surface area contributed by atoms with Crippen molar-refractivity contribution >= 4 is 29.0 Å². The van der Waals surface area contributed by atoms with Gasteiger partial charge in [0, 0.05) is 16.1 Å². The lowest BCUT2D eigenvalue weighted by Gasteiger charge is -2.34. The molecule has 1 aromatic rings. The number of hydrogen-bond donors (Lipinski definition) is 0. The van der Waals surface area contributed by atoms with Crippen LogP contribution in [0.25, 0.3) is 0 Å². The molecule has 0 aliphatic heterocycles. The zero-order valence-corrected chi connectivity index (χ0v) is 12.8. The fraction of sp³-hybridized carbons (Fsp3) is 0.500. The van der Waals surface area contributed by atoms with Crippen LogP contribution < -0.4 is 0 Å². The highest BCUT2D eigenvalue weighted by Crippen LogP contribution is 2.23.